The predicted octanol–water partition coefficient (Wildman–Crippen LogP) is 2.84. The Morgan fingerprint density at radius 3 is 2.36 bits per heavy atom. The van der Waals surface area contributed by atoms with E-state index in [2.05, 4.69) is 0 Å². The van der Waals surface area contributed by atoms with Crippen LogP contribution in [-0.4, -0.2) is 48.1 Å². The molecule has 1 unspecified atom stereocenters. The molecule has 22 heavy (non-hydrogen) atoms. The summed E-state index contributed by atoms with van der Waals surface area (Å²) in [6, 6.07) is 7.92. The van der Waals surface area contributed by atoms with Crippen LogP contribution in [0.5, 0.6) is 0 Å². The summed E-state index contributed by atoms with van der Waals surface area (Å²) in [6.07, 6.45) is -4.21. The van der Waals surface area contributed by atoms with Crippen LogP contribution in [-0.2, 0) is 11.3 Å². The third-order valence-electron chi connectivity index (χ3n) is 3.98. The van der Waals surface area contributed by atoms with E-state index in [9.17, 15) is 18.0 Å². The predicted molar refractivity (Wildman–Crippen MR) is 78.3 cm³/mol. The van der Waals surface area contributed by atoms with Gasteiger partial charge in [0.1, 0.15) is 0 Å². The summed E-state index contributed by atoms with van der Waals surface area (Å²) in [6.45, 7) is 4.57. The number of piperazine rings is 1. The van der Waals surface area contributed by atoms with E-state index in [1.807, 2.05) is 31.2 Å². The Kier molecular flexibility index (Phi) is 5.11. The third-order valence-corrected chi connectivity index (χ3v) is 3.98. The maximum Gasteiger partial charge on any atom is 0.392 e. The zero-order chi connectivity index (χ0) is 16.3. The second-order valence-electron chi connectivity index (χ2n) is 5.98. The minimum Gasteiger partial charge on any atom is -0.336 e. The minimum absolute atomic E-state index is 0.0618. The standard InChI is InChI=1S/C16H21F3N2O/c1-12-3-5-14(6-4-12)10-21-8-7-20(11-15(21)22)9-13(2)16(17,18)19/h3-6,13H,7-11H2,1-2H3. The Labute approximate surface area is 128 Å². The molecule has 0 N–H and O–H groups in total. The zero-order valence-corrected chi connectivity index (χ0v) is 12.9. The van der Waals surface area contributed by atoms with Gasteiger partial charge in [-0.05, 0) is 12.5 Å². The van der Waals surface area contributed by atoms with Crippen molar-refractivity contribution in [3.8, 4) is 0 Å². The number of carbonyl (C=O) groups excluding carboxylic acids is 1. The smallest absolute Gasteiger partial charge is 0.336 e. The Morgan fingerprint density at radius 2 is 1.82 bits per heavy atom. The first-order valence-electron chi connectivity index (χ1n) is 7.38. The molecule has 0 saturated carbocycles. The van der Waals surface area contributed by atoms with Crippen molar-refractivity contribution in [3.05, 3.63) is 35.4 Å². The molecule has 0 aromatic heterocycles. The van der Waals surface area contributed by atoms with Gasteiger partial charge < -0.3 is 4.90 Å². The highest BCUT2D eigenvalue weighted by molar-refractivity contribution is 5.79. The molecular weight excluding hydrogens is 293 g/mol. The minimum atomic E-state index is -4.21. The first-order chi connectivity index (χ1) is 10.3. The van der Waals surface area contributed by atoms with Gasteiger partial charge in [-0.15, -0.1) is 0 Å². The molecule has 1 atom stereocenters. The summed E-state index contributed by atoms with van der Waals surface area (Å²) in [5, 5.41) is 0. The van der Waals surface area contributed by atoms with Gasteiger partial charge in [0, 0.05) is 26.2 Å². The monoisotopic (exact) mass is 314 g/mol. The van der Waals surface area contributed by atoms with Crippen LogP contribution in [0, 0.1) is 12.8 Å². The Balaban J connectivity index is 1.87. The van der Waals surface area contributed by atoms with Crippen molar-refractivity contribution < 1.29 is 18.0 Å². The van der Waals surface area contributed by atoms with Gasteiger partial charge in [0.25, 0.3) is 0 Å². The fourth-order valence-corrected chi connectivity index (χ4v) is 2.48. The molecule has 1 amide bonds. The normalized spacial score (nSPS) is 18.6. The second kappa shape index (κ2) is 6.69. The van der Waals surface area contributed by atoms with E-state index in [-0.39, 0.29) is 19.0 Å². The van der Waals surface area contributed by atoms with E-state index in [1.165, 1.54) is 0 Å². The van der Waals surface area contributed by atoms with E-state index in [4.69, 9.17) is 0 Å². The maximum absolute atomic E-state index is 12.6. The number of carbonyl (C=O) groups is 1. The van der Waals surface area contributed by atoms with Crippen molar-refractivity contribution in [2.24, 2.45) is 5.92 Å². The average Bonchev–Trinajstić information content (AvgIpc) is 2.43. The maximum atomic E-state index is 12.6. The molecule has 6 heteroatoms. The van der Waals surface area contributed by atoms with Crippen LogP contribution in [0.1, 0.15) is 18.1 Å². The van der Waals surface area contributed by atoms with Gasteiger partial charge in [-0.3, -0.25) is 9.69 Å². The van der Waals surface area contributed by atoms with Crippen molar-refractivity contribution in [2.75, 3.05) is 26.2 Å². The lowest BCUT2D eigenvalue weighted by Gasteiger charge is -2.35. The van der Waals surface area contributed by atoms with Crippen molar-refractivity contribution in [2.45, 2.75) is 26.6 Å². The molecule has 0 radical (unpaired) electrons. The molecule has 1 aromatic rings. The number of nitrogens with zero attached hydrogens (tertiary/aromatic N) is 2. The van der Waals surface area contributed by atoms with Crippen LogP contribution in [0.2, 0.25) is 0 Å². The molecule has 1 fully saturated rings. The van der Waals surface area contributed by atoms with Crippen LogP contribution in [0.4, 0.5) is 13.2 Å². The summed E-state index contributed by atoms with van der Waals surface area (Å²) in [4.78, 5) is 15.4. The molecule has 1 aromatic carbocycles. The summed E-state index contributed by atoms with van der Waals surface area (Å²) in [5.74, 6) is -1.52. The number of rotatable bonds is 4. The van der Waals surface area contributed by atoms with Gasteiger partial charge in [-0.1, -0.05) is 36.8 Å². The number of hydrogen-bond acceptors (Lipinski definition) is 2. The Bertz CT molecular complexity index is 513. The lowest BCUT2D eigenvalue weighted by molar-refractivity contribution is -0.176. The summed E-state index contributed by atoms with van der Waals surface area (Å²) in [7, 11) is 0. The summed E-state index contributed by atoms with van der Waals surface area (Å²) < 4.78 is 37.7. The fraction of sp³-hybridized carbons (Fsp3) is 0.562. The number of aryl methyl sites for hydroxylation is 1. The van der Waals surface area contributed by atoms with E-state index in [0.717, 1.165) is 18.1 Å². The van der Waals surface area contributed by atoms with Gasteiger partial charge in [-0.2, -0.15) is 13.2 Å². The number of benzene rings is 1. The summed E-state index contributed by atoms with van der Waals surface area (Å²) in [5.41, 5.74) is 2.19. The Morgan fingerprint density at radius 1 is 1.18 bits per heavy atom. The molecule has 0 bridgehead atoms. The van der Waals surface area contributed by atoms with Crippen LogP contribution < -0.4 is 0 Å². The van der Waals surface area contributed by atoms with Gasteiger partial charge in [0.05, 0.1) is 12.5 Å². The molecule has 1 aliphatic heterocycles. The molecule has 3 nitrogen and oxygen atoms in total. The molecule has 1 aliphatic rings. The molecule has 1 saturated heterocycles. The van der Waals surface area contributed by atoms with E-state index < -0.39 is 12.1 Å². The SMILES string of the molecule is Cc1ccc(CN2CCN(CC(C)C(F)(F)F)CC2=O)cc1. The fourth-order valence-electron chi connectivity index (χ4n) is 2.48. The van der Waals surface area contributed by atoms with Gasteiger partial charge in [0.15, 0.2) is 0 Å². The van der Waals surface area contributed by atoms with E-state index in [0.29, 0.717) is 19.6 Å². The van der Waals surface area contributed by atoms with Crippen molar-refractivity contribution in [1.29, 1.82) is 0 Å². The Hall–Kier alpha value is -1.56. The van der Waals surface area contributed by atoms with Gasteiger partial charge in [0.2, 0.25) is 5.91 Å². The largest absolute Gasteiger partial charge is 0.392 e. The van der Waals surface area contributed by atoms with Crippen molar-refractivity contribution >= 4 is 5.91 Å². The van der Waals surface area contributed by atoms with Gasteiger partial charge >= 0.3 is 6.18 Å². The molecule has 2 rings (SSSR count). The highest BCUT2D eigenvalue weighted by Gasteiger charge is 2.38. The average molecular weight is 314 g/mol. The molecular formula is C16H21F3N2O. The molecule has 122 valence electrons. The van der Waals surface area contributed by atoms with Crippen molar-refractivity contribution in [1.82, 2.24) is 9.80 Å². The lowest BCUT2D eigenvalue weighted by atomic mass is 10.1. The summed E-state index contributed by atoms with van der Waals surface area (Å²) >= 11 is 0. The highest BCUT2D eigenvalue weighted by Crippen LogP contribution is 2.26. The molecule has 0 aliphatic carbocycles. The lowest BCUT2D eigenvalue weighted by Crippen LogP contribution is -2.51. The quantitative estimate of drug-likeness (QED) is 0.853. The van der Waals surface area contributed by atoms with Crippen LogP contribution in [0.15, 0.2) is 24.3 Å². The van der Waals surface area contributed by atoms with E-state index >= 15 is 0 Å². The second-order valence-corrected chi connectivity index (χ2v) is 5.98. The molecule has 0 spiro atoms. The van der Waals surface area contributed by atoms with Crippen LogP contribution in [0.25, 0.3) is 0 Å². The highest BCUT2D eigenvalue weighted by atomic mass is 19.4. The third kappa shape index (κ3) is 4.47. The molecule has 1 heterocycles. The number of halogens is 3. The number of amides is 1. The number of hydrogen-bond donors (Lipinski definition) is 0. The van der Waals surface area contributed by atoms with Crippen LogP contribution >= 0.6 is 0 Å². The van der Waals surface area contributed by atoms with Crippen LogP contribution in [0.3, 0.4) is 0 Å². The van der Waals surface area contributed by atoms with Gasteiger partial charge in [-0.25, -0.2) is 0 Å². The number of alkyl halides is 3. The zero-order valence-electron chi connectivity index (χ0n) is 12.9. The van der Waals surface area contributed by atoms with Crippen molar-refractivity contribution in [3.63, 3.8) is 0 Å². The first kappa shape index (κ1) is 16.8. The first-order valence-corrected chi connectivity index (χ1v) is 7.38. The van der Waals surface area contributed by atoms with E-state index in [1.54, 1.807) is 9.80 Å². The topological polar surface area (TPSA) is 23.6 Å².